The van der Waals surface area contributed by atoms with Crippen molar-refractivity contribution in [3.8, 4) is 11.5 Å². The van der Waals surface area contributed by atoms with Crippen LogP contribution in [0.5, 0.6) is 11.5 Å². The van der Waals surface area contributed by atoms with E-state index in [0.29, 0.717) is 48.7 Å². The van der Waals surface area contributed by atoms with Crippen molar-refractivity contribution in [3.63, 3.8) is 0 Å². The molecule has 3 atom stereocenters. The van der Waals surface area contributed by atoms with E-state index >= 15 is 0 Å². The Morgan fingerprint density at radius 1 is 1.36 bits per heavy atom. The van der Waals surface area contributed by atoms with Gasteiger partial charge in [-0.3, -0.25) is 4.79 Å². The van der Waals surface area contributed by atoms with Crippen molar-refractivity contribution >= 4 is 5.78 Å². The Balaban J connectivity index is 2.00. The number of hydrogen-bond donors (Lipinski definition) is 1. The van der Waals surface area contributed by atoms with E-state index in [9.17, 15) is 9.90 Å². The molecule has 0 spiro atoms. The predicted molar refractivity (Wildman–Crippen MR) is 86.6 cm³/mol. The van der Waals surface area contributed by atoms with E-state index in [1.54, 1.807) is 0 Å². The van der Waals surface area contributed by atoms with E-state index in [1.807, 2.05) is 6.07 Å². The highest BCUT2D eigenvalue weighted by molar-refractivity contribution is 5.80. The maximum atomic E-state index is 11.8. The lowest BCUT2D eigenvalue weighted by Gasteiger charge is -2.37. The van der Waals surface area contributed by atoms with Gasteiger partial charge in [0.1, 0.15) is 17.3 Å². The zero-order valence-corrected chi connectivity index (χ0v) is 13.8. The minimum absolute atomic E-state index is 0.137. The minimum atomic E-state index is 0.137. The normalized spacial score (nSPS) is 25.4. The Labute approximate surface area is 132 Å². The van der Waals surface area contributed by atoms with Crippen molar-refractivity contribution < 1.29 is 14.6 Å². The molecule has 0 aromatic heterocycles. The zero-order valence-electron chi connectivity index (χ0n) is 13.8. The standard InChI is InChI=1S/C19H26O3/c1-4-15(11(2)3)13-7-17(21)19-16-9-14(20)6-5-12(16)10-22-18(19)8-13/h7-8,11-12,15-16,21H,4-6,9-10H2,1-3H3. The summed E-state index contributed by atoms with van der Waals surface area (Å²) in [6.07, 6.45) is 3.13. The number of Topliss-reactive ketones (excluding diaryl/α,β-unsaturated/α-hetero) is 1. The number of phenolic OH excluding ortho intramolecular Hbond substituents is 1. The number of hydrogen-bond acceptors (Lipinski definition) is 3. The molecule has 22 heavy (non-hydrogen) atoms. The molecule has 1 heterocycles. The van der Waals surface area contributed by atoms with Crippen molar-refractivity contribution in [1.82, 2.24) is 0 Å². The maximum absolute atomic E-state index is 11.8. The highest BCUT2D eigenvalue weighted by Crippen LogP contribution is 2.49. The number of carbonyl (C=O) groups is 1. The van der Waals surface area contributed by atoms with E-state index in [1.165, 1.54) is 0 Å². The Morgan fingerprint density at radius 3 is 2.82 bits per heavy atom. The molecule has 0 bridgehead atoms. The monoisotopic (exact) mass is 302 g/mol. The number of carbonyl (C=O) groups excluding carboxylic acids is 1. The number of fused-ring (bicyclic) bond motifs is 3. The lowest BCUT2D eigenvalue weighted by molar-refractivity contribution is -0.122. The smallest absolute Gasteiger partial charge is 0.133 e. The average molecular weight is 302 g/mol. The van der Waals surface area contributed by atoms with Gasteiger partial charge >= 0.3 is 0 Å². The minimum Gasteiger partial charge on any atom is -0.508 e. The molecule has 1 aromatic rings. The van der Waals surface area contributed by atoms with Gasteiger partial charge in [-0.25, -0.2) is 0 Å². The molecular formula is C19H26O3. The molecule has 1 saturated carbocycles. The van der Waals surface area contributed by atoms with E-state index in [0.717, 1.165) is 29.7 Å². The quantitative estimate of drug-likeness (QED) is 0.901. The molecule has 2 aliphatic rings. The third-order valence-electron chi connectivity index (χ3n) is 5.45. The van der Waals surface area contributed by atoms with Crippen LogP contribution in [0.25, 0.3) is 0 Å². The molecule has 120 valence electrons. The first-order valence-electron chi connectivity index (χ1n) is 8.52. The van der Waals surface area contributed by atoms with Crippen LogP contribution in [0.1, 0.15) is 69.4 Å². The van der Waals surface area contributed by atoms with Gasteiger partial charge in [-0.15, -0.1) is 0 Å². The topological polar surface area (TPSA) is 46.5 Å². The van der Waals surface area contributed by atoms with Gasteiger partial charge in [-0.05, 0) is 42.4 Å². The summed E-state index contributed by atoms with van der Waals surface area (Å²) >= 11 is 0. The van der Waals surface area contributed by atoms with Crippen LogP contribution < -0.4 is 4.74 Å². The summed E-state index contributed by atoms with van der Waals surface area (Å²) in [4.78, 5) is 11.8. The highest BCUT2D eigenvalue weighted by atomic mass is 16.5. The molecule has 0 amide bonds. The van der Waals surface area contributed by atoms with Gasteiger partial charge < -0.3 is 9.84 Å². The summed E-state index contributed by atoms with van der Waals surface area (Å²) in [7, 11) is 0. The van der Waals surface area contributed by atoms with Crippen molar-refractivity contribution in [2.24, 2.45) is 11.8 Å². The van der Waals surface area contributed by atoms with E-state index < -0.39 is 0 Å². The Kier molecular flexibility index (Phi) is 4.16. The molecule has 3 rings (SSSR count). The molecule has 3 nitrogen and oxygen atoms in total. The second-order valence-electron chi connectivity index (χ2n) is 7.17. The number of rotatable bonds is 3. The summed E-state index contributed by atoms with van der Waals surface area (Å²) in [5.41, 5.74) is 2.01. The van der Waals surface area contributed by atoms with Gasteiger partial charge in [0.05, 0.1) is 6.61 Å². The second kappa shape index (κ2) is 5.94. The fraction of sp³-hybridized carbons (Fsp3) is 0.632. The van der Waals surface area contributed by atoms with Crippen LogP contribution in [0.15, 0.2) is 12.1 Å². The summed E-state index contributed by atoms with van der Waals surface area (Å²) in [6.45, 7) is 7.27. The van der Waals surface area contributed by atoms with Gasteiger partial charge in [0.15, 0.2) is 0 Å². The van der Waals surface area contributed by atoms with Gasteiger partial charge in [-0.2, -0.15) is 0 Å². The van der Waals surface area contributed by atoms with E-state index in [2.05, 4.69) is 26.8 Å². The van der Waals surface area contributed by atoms with Gasteiger partial charge in [0.2, 0.25) is 0 Å². The molecule has 1 aromatic carbocycles. The third kappa shape index (κ3) is 2.62. The van der Waals surface area contributed by atoms with Gasteiger partial charge in [-0.1, -0.05) is 20.8 Å². The number of ketones is 1. The summed E-state index contributed by atoms with van der Waals surface area (Å²) < 4.78 is 5.95. The van der Waals surface area contributed by atoms with E-state index in [4.69, 9.17) is 4.74 Å². The lowest BCUT2D eigenvalue weighted by atomic mass is 9.73. The molecule has 0 radical (unpaired) electrons. The van der Waals surface area contributed by atoms with Crippen LogP contribution in [0.2, 0.25) is 0 Å². The zero-order chi connectivity index (χ0) is 15.9. The molecule has 3 unspecified atom stereocenters. The Hall–Kier alpha value is -1.51. The number of benzene rings is 1. The summed E-state index contributed by atoms with van der Waals surface area (Å²) in [6, 6.07) is 4.00. The molecule has 1 fully saturated rings. The fourth-order valence-electron chi connectivity index (χ4n) is 4.23. The molecule has 0 saturated heterocycles. The van der Waals surface area contributed by atoms with E-state index in [-0.39, 0.29) is 5.92 Å². The maximum Gasteiger partial charge on any atom is 0.133 e. The van der Waals surface area contributed by atoms with Crippen LogP contribution in [0.3, 0.4) is 0 Å². The number of ether oxygens (including phenoxy) is 1. The Morgan fingerprint density at radius 2 is 2.14 bits per heavy atom. The SMILES string of the molecule is CCC(c1cc(O)c2c(c1)OCC1CCC(=O)CC21)C(C)C. The predicted octanol–water partition coefficient (Wildman–Crippen LogP) is 4.39. The lowest BCUT2D eigenvalue weighted by Crippen LogP contribution is -2.32. The van der Waals surface area contributed by atoms with Crippen molar-refractivity contribution in [2.45, 2.75) is 58.3 Å². The first-order chi connectivity index (χ1) is 10.5. The van der Waals surface area contributed by atoms with Gasteiger partial charge in [0, 0.05) is 30.2 Å². The fourth-order valence-corrected chi connectivity index (χ4v) is 4.23. The number of phenols is 1. The molecule has 1 N–H and O–H groups in total. The van der Waals surface area contributed by atoms with Gasteiger partial charge in [0.25, 0.3) is 0 Å². The van der Waals surface area contributed by atoms with Crippen molar-refractivity contribution in [3.05, 3.63) is 23.3 Å². The van der Waals surface area contributed by atoms with Crippen LogP contribution in [0, 0.1) is 11.8 Å². The van der Waals surface area contributed by atoms with Crippen LogP contribution in [0.4, 0.5) is 0 Å². The van der Waals surface area contributed by atoms with Crippen LogP contribution in [-0.4, -0.2) is 17.5 Å². The highest BCUT2D eigenvalue weighted by Gasteiger charge is 2.38. The Bertz CT molecular complexity index is 576. The van der Waals surface area contributed by atoms with Crippen LogP contribution in [-0.2, 0) is 4.79 Å². The summed E-state index contributed by atoms with van der Waals surface area (Å²) in [5.74, 6) is 2.87. The first-order valence-corrected chi connectivity index (χ1v) is 8.52. The third-order valence-corrected chi connectivity index (χ3v) is 5.45. The molecule has 3 heteroatoms. The molecule has 1 aliphatic carbocycles. The van der Waals surface area contributed by atoms with Crippen molar-refractivity contribution in [2.75, 3.05) is 6.61 Å². The molecular weight excluding hydrogens is 276 g/mol. The second-order valence-corrected chi connectivity index (χ2v) is 7.17. The number of aromatic hydroxyl groups is 1. The first kappa shape index (κ1) is 15.4. The average Bonchev–Trinajstić information content (AvgIpc) is 2.46. The van der Waals surface area contributed by atoms with Crippen molar-refractivity contribution in [1.29, 1.82) is 0 Å². The largest absolute Gasteiger partial charge is 0.508 e. The molecule has 1 aliphatic heterocycles. The van der Waals surface area contributed by atoms with Crippen LogP contribution >= 0.6 is 0 Å². The summed E-state index contributed by atoms with van der Waals surface area (Å²) in [5, 5.41) is 10.6.